The molecule has 0 bridgehead atoms. The van der Waals surface area contributed by atoms with Crippen LogP contribution in [0.15, 0.2) is 87.3 Å². The molecule has 10 heteroatoms. The van der Waals surface area contributed by atoms with Crippen molar-refractivity contribution in [2.45, 2.75) is 4.90 Å². The van der Waals surface area contributed by atoms with E-state index in [1.54, 1.807) is 42.5 Å². The molecule has 0 aromatic heterocycles. The Hall–Kier alpha value is -2.75. The number of nitrogens with one attached hydrogen (secondary N) is 1. The van der Waals surface area contributed by atoms with Crippen molar-refractivity contribution in [2.75, 3.05) is 10.8 Å². The van der Waals surface area contributed by atoms with Crippen molar-refractivity contribution < 1.29 is 17.6 Å². The Labute approximate surface area is 192 Å². The summed E-state index contributed by atoms with van der Waals surface area (Å²) in [7, 11) is -4.03. The number of hydrazone groups is 1. The van der Waals surface area contributed by atoms with Gasteiger partial charge >= 0.3 is 0 Å². The maximum Gasteiger partial charge on any atom is 0.264 e. The van der Waals surface area contributed by atoms with Gasteiger partial charge in [0.05, 0.1) is 21.8 Å². The number of sulfonamides is 1. The molecule has 3 aromatic carbocycles. The Balaban J connectivity index is 1.84. The van der Waals surface area contributed by atoms with Gasteiger partial charge in [-0.3, -0.25) is 9.10 Å². The van der Waals surface area contributed by atoms with E-state index in [1.165, 1.54) is 30.3 Å². The Bertz CT molecular complexity index is 1190. The minimum Gasteiger partial charge on any atom is -0.271 e. The van der Waals surface area contributed by atoms with Gasteiger partial charge in [-0.1, -0.05) is 51.8 Å². The van der Waals surface area contributed by atoms with Crippen molar-refractivity contribution in [2.24, 2.45) is 5.10 Å². The van der Waals surface area contributed by atoms with Crippen molar-refractivity contribution in [1.29, 1.82) is 0 Å². The Kier molecular flexibility index (Phi) is 7.42. The standard InChI is InChI=1S/C21H16BrClFN3O3S/c22-15-9-11-16(12-10-15)27(31(29,30)17-5-2-1-3-6-17)14-21(28)26-25-13-18-19(23)7-4-8-20(18)24/h1-13H,14H2,(H,26,28)/b25-13+. The first kappa shape index (κ1) is 22.9. The van der Waals surface area contributed by atoms with Crippen LogP contribution in [0.3, 0.4) is 0 Å². The molecule has 0 saturated heterocycles. The van der Waals surface area contributed by atoms with Gasteiger partial charge in [-0.05, 0) is 48.5 Å². The Morgan fingerprint density at radius 3 is 2.39 bits per heavy atom. The number of halogens is 3. The largest absolute Gasteiger partial charge is 0.271 e. The molecule has 0 aliphatic rings. The van der Waals surface area contributed by atoms with E-state index in [-0.39, 0.29) is 15.5 Å². The lowest BCUT2D eigenvalue weighted by atomic mass is 10.2. The summed E-state index contributed by atoms with van der Waals surface area (Å²) in [4.78, 5) is 12.5. The van der Waals surface area contributed by atoms with Gasteiger partial charge < -0.3 is 0 Å². The zero-order chi connectivity index (χ0) is 22.4. The van der Waals surface area contributed by atoms with E-state index in [0.29, 0.717) is 5.69 Å². The summed E-state index contributed by atoms with van der Waals surface area (Å²) in [5, 5.41) is 3.83. The first-order valence-electron chi connectivity index (χ1n) is 8.88. The fraction of sp³-hybridized carbons (Fsp3) is 0.0476. The van der Waals surface area contributed by atoms with Crippen LogP contribution < -0.4 is 9.73 Å². The van der Waals surface area contributed by atoms with E-state index < -0.39 is 28.3 Å². The molecule has 3 rings (SSSR count). The molecule has 0 unspecified atom stereocenters. The number of carbonyl (C=O) groups is 1. The minimum atomic E-state index is -4.03. The highest BCUT2D eigenvalue weighted by Gasteiger charge is 2.27. The first-order valence-corrected chi connectivity index (χ1v) is 11.5. The van der Waals surface area contributed by atoms with Gasteiger partial charge in [0, 0.05) is 10.0 Å². The lowest BCUT2D eigenvalue weighted by Gasteiger charge is -2.23. The summed E-state index contributed by atoms with van der Waals surface area (Å²) in [6.07, 6.45) is 1.06. The van der Waals surface area contributed by atoms with E-state index in [1.807, 2.05) is 0 Å². The molecule has 3 aromatic rings. The number of carbonyl (C=O) groups excluding carboxylic acids is 1. The number of rotatable bonds is 7. The molecule has 0 atom stereocenters. The molecule has 0 aliphatic carbocycles. The SMILES string of the molecule is O=C(CN(c1ccc(Br)cc1)S(=O)(=O)c1ccccc1)N/N=C/c1c(F)cccc1Cl. The molecular formula is C21H16BrClFN3O3S. The fourth-order valence-electron chi connectivity index (χ4n) is 2.61. The monoisotopic (exact) mass is 523 g/mol. The van der Waals surface area contributed by atoms with E-state index in [4.69, 9.17) is 11.6 Å². The lowest BCUT2D eigenvalue weighted by Crippen LogP contribution is -2.39. The number of hydrogen-bond acceptors (Lipinski definition) is 4. The summed E-state index contributed by atoms with van der Waals surface area (Å²) >= 11 is 9.22. The molecule has 0 aliphatic heterocycles. The summed E-state index contributed by atoms with van der Waals surface area (Å²) in [5.41, 5.74) is 2.51. The Morgan fingerprint density at radius 2 is 1.74 bits per heavy atom. The molecule has 160 valence electrons. The van der Waals surface area contributed by atoms with Crippen molar-refractivity contribution >= 4 is 55.4 Å². The topological polar surface area (TPSA) is 78.8 Å². The van der Waals surface area contributed by atoms with Crippen molar-refractivity contribution in [3.05, 3.63) is 93.7 Å². The highest BCUT2D eigenvalue weighted by atomic mass is 79.9. The normalized spacial score (nSPS) is 11.5. The average Bonchev–Trinajstić information content (AvgIpc) is 2.75. The van der Waals surface area contributed by atoms with E-state index in [0.717, 1.165) is 15.0 Å². The third kappa shape index (κ3) is 5.69. The molecule has 0 saturated carbocycles. The average molecular weight is 525 g/mol. The molecule has 31 heavy (non-hydrogen) atoms. The Morgan fingerprint density at radius 1 is 1.06 bits per heavy atom. The predicted molar refractivity (Wildman–Crippen MR) is 122 cm³/mol. The van der Waals surface area contributed by atoms with Crippen LogP contribution in [0.25, 0.3) is 0 Å². The highest BCUT2D eigenvalue weighted by Crippen LogP contribution is 2.25. The second kappa shape index (κ2) is 10.0. The summed E-state index contributed by atoms with van der Waals surface area (Å²) in [6.45, 7) is -0.540. The van der Waals surface area contributed by atoms with Crippen molar-refractivity contribution in [1.82, 2.24) is 5.43 Å². The molecule has 6 nitrogen and oxygen atoms in total. The van der Waals surface area contributed by atoms with Crippen LogP contribution in [0.5, 0.6) is 0 Å². The van der Waals surface area contributed by atoms with Gasteiger partial charge in [0.25, 0.3) is 15.9 Å². The van der Waals surface area contributed by atoms with Gasteiger partial charge in [0.1, 0.15) is 12.4 Å². The molecule has 0 heterocycles. The summed E-state index contributed by atoms with van der Waals surface area (Å²) in [6, 6.07) is 18.4. The van der Waals surface area contributed by atoms with Crippen molar-refractivity contribution in [3.63, 3.8) is 0 Å². The number of anilines is 1. The fourth-order valence-corrected chi connectivity index (χ4v) is 4.53. The number of benzene rings is 3. The molecular weight excluding hydrogens is 509 g/mol. The summed E-state index contributed by atoms with van der Waals surface area (Å²) in [5.74, 6) is -1.32. The van der Waals surface area contributed by atoms with Crippen molar-refractivity contribution in [3.8, 4) is 0 Å². The molecule has 0 spiro atoms. The van der Waals surface area contributed by atoms with Gasteiger partial charge in [0.2, 0.25) is 0 Å². The highest BCUT2D eigenvalue weighted by molar-refractivity contribution is 9.10. The second-order valence-electron chi connectivity index (χ2n) is 6.23. The van der Waals surface area contributed by atoms with Crippen LogP contribution in [0.1, 0.15) is 5.56 Å². The predicted octanol–water partition coefficient (Wildman–Crippen LogP) is 4.59. The molecule has 0 fully saturated rings. The van der Waals surface area contributed by atoms with Crippen LogP contribution >= 0.6 is 27.5 Å². The second-order valence-corrected chi connectivity index (χ2v) is 9.41. The first-order chi connectivity index (χ1) is 14.8. The molecule has 1 N–H and O–H groups in total. The van der Waals surface area contributed by atoms with Gasteiger partial charge in [-0.2, -0.15) is 5.10 Å². The number of nitrogens with zero attached hydrogens (tertiary/aromatic N) is 2. The van der Waals surface area contributed by atoms with Crippen LogP contribution in [-0.2, 0) is 14.8 Å². The summed E-state index contributed by atoms with van der Waals surface area (Å²) < 4.78 is 41.9. The maximum atomic E-state index is 13.8. The van der Waals surface area contributed by atoms with Crippen LogP contribution in [0, 0.1) is 5.82 Å². The van der Waals surface area contributed by atoms with Gasteiger partial charge in [-0.25, -0.2) is 18.2 Å². The quantitative estimate of drug-likeness (QED) is 0.363. The smallest absolute Gasteiger partial charge is 0.264 e. The van der Waals surface area contributed by atoms with E-state index >= 15 is 0 Å². The van der Waals surface area contributed by atoms with E-state index in [9.17, 15) is 17.6 Å². The van der Waals surface area contributed by atoms with Gasteiger partial charge in [-0.15, -0.1) is 0 Å². The zero-order valence-corrected chi connectivity index (χ0v) is 19.0. The lowest BCUT2D eigenvalue weighted by molar-refractivity contribution is -0.119. The number of amides is 1. The third-order valence-corrected chi connectivity index (χ3v) is 6.76. The third-order valence-electron chi connectivity index (χ3n) is 4.12. The molecule has 1 amide bonds. The minimum absolute atomic E-state index is 0.00568. The zero-order valence-electron chi connectivity index (χ0n) is 15.9. The van der Waals surface area contributed by atoms with Gasteiger partial charge in [0.15, 0.2) is 0 Å². The van der Waals surface area contributed by atoms with Crippen LogP contribution in [-0.4, -0.2) is 27.1 Å². The van der Waals surface area contributed by atoms with Crippen LogP contribution in [0.4, 0.5) is 10.1 Å². The number of hydrogen-bond donors (Lipinski definition) is 1. The van der Waals surface area contributed by atoms with Crippen LogP contribution in [0.2, 0.25) is 5.02 Å². The maximum absolute atomic E-state index is 13.8. The van der Waals surface area contributed by atoms with E-state index in [2.05, 4.69) is 26.5 Å². The molecule has 0 radical (unpaired) electrons.